The molecule has 0 aliphatic carbocycles. The molecule has 1 atom stereocenters. The van der Waals surface area contributed by atoms with Gasteiger partial charge in [0.25, 0.3) is 0 Å². The zero-order valence-corrected chi connectivity index (χ0v) is 28.8. The van der Waals surface area contributed by atoms with Crippen LogP contribution in [0, 0.1) is 13.8 Å². The number of likely N-dealkylation sites (N-methyl/N-ethyl adjacent to an activating group) is 1. The summed E-state index contributed by atoms with van der Waals surface area (Å²) < 4.78 is 32.5. The Morgan fingerprint density at radius 3 is 2.57 bits per heavy atom. The summed E-state index contributed by atoms with van der Waals surface area (Å²) >= 11 is 0. The summed E-state index contributed by atoms with van der Waals surface area (Å²) in [5.74, 6) is -0.524. The molecule has 0 amide bonds. The maximum absolute atomic E-state index is 13.4. The van der Waals surface area contributed by atoms with Gasteiger partial charge >= 0.3 is 5.97 Å². The molecular formula is C35H48N6O4S. The van der Waals surface area contributed by atoms with Crippen LogP contribution in [0.25, 0.3) is 11.0 Å². The van der Waals surface area contributed by atoms with Gasteiger partial charge in [-0.15, -0.1) is 15.9 Å². The summed E-state index contributed by atoms with van der Waals surface area (Å²) in [6.45, 7) is 13.1. The van der Waals surface area contributed by atoms with Crippen LogP contribution < -0.4 is 4.90 Å². The molecule has 2 heterocycles. The van der Waals surface area contributed by atoms with Gasteiger partial charge in [0.2, 0.25) is 0 Å². The van der Waals surface area contributed by atoms with Crippen LogP contribution in [0.5, 0.6) is 0 Å². The largest absolute Gasteiger partial charge is 0.466 e. The first-order valence-electron chi connectivity index (χ1n) is 16.1. The van der Waals surface area contributed by atoms with Crippen molar-refractivity contribution in [3.8, 4) is 0 Å². The van der Waals surface area contributed by atoms with Crippen molar-refractivity contribution < 1.29 is 18.6 Å². The number of anilines is 1. The number of para-hydroxylation sites is 1. The Balaban J connectivity index is 1.45. The van der Waals surface area contributed by atoms with E-state index in [1.54, 1.807) is 15.1 Å². The van der Waals surface area contributed by atoms with Crippen LogP contribution in [0.2, 0.25) is 0 Å². The highest BCUT2D eigenvalue weighted by molar-refractivity contribution is 8.22. The first-order valence-corrected chi connectivity index (χ1v) is 17.6. The highest BCUT2D eigenvalue weighted by Crippen LogP contribution is 2.56. The molecule has 0 radical (unpaired) electrons. The third-order valence-electron chi connectivity index (χ3n) is 9.34. The molecule has 4 aromatic rings. The van der Waals surface area contributed by atoms with Gasteiger partial charge in [-0.25, -0.2) is 4.68 Å². The quantitative estimate of drug-likeness (QED) is 0.134. The van der Waals surface area contributed by atoms with Gasteiger partial charge in [0, 0.05) is 46.2 Å². The minimum absolute atomic E-state index is 0.178. The molecule has 0 saturated heterocycles. The van der Waals surface area contributed by atoms with Gasteiger partial charge in [-0.05, 0) is 79.4 Å². The lowest BCUT2D eigenvalue weighted by molar-refractivity contribution is -0.144. The fourth-order valence-electron chi connectivity index (χ4n) is 6.36. The summed E-state index contributed by atoms with van der Waals surface area (Å²) in [5.41, 5.74) is 7.55. The molecule has 10 nitrogen and oxygen atoms in total. The predicted molar refractivity (Wildman–Crippen MR) is 185 cm³/mol. The van der Waals surface area contributed by atoms with Crippen molar-refractivity contribution in [1.82, 2.24) is 24.2 Å². The second kappa shape index (κ2) is 14.5. The van der Waals surface area contributed by atoms with E-state index in [1.807, 2.05) is 52.2 Å². The summed E-state index contributed by atoms with van der Waals surface area (Å²) in [6, 6.07) is 17.8. The molecule has 0 fully saturated rings. The molecule has 1 aromatic heterocycles. The van der Waals surface area contributed by atoms with Gasteiger partial charge in [0.05, 0.1) is 29.1 Å². The molecule has 5 rings (SSSR count). The van der Waals surface area contributed by atoms with E-state index in [2.05, 4.69) is 58.2 Å². The Morgan fingerprint density at radius 1 is 1.04 bits per heavy atom. The van der Waals surface area contributed by atoms with E-state index < -0.39 is 10.8 Å². The molecule has 0 bridgehead atoms. The average molecular weight is 649 g/mol. The first-order chi connectivity index (χ1) is 22.0. The van der Waals surface area contributed by atoms with E-state index in [0.717, 1.165) is 70.6 Å². The van der Waals surface area contributed by atoms with Crippen molar-refractivity contribution in [2.45, 2.75) is 57.9 Å². The molecule has 1 aliphatic rings. The van der Waals surface area contributed by atoms with Crippen molar-refractivity contribution in [2.24, 2.45) is 7.05 Å². The fraction of sp³-hybridized carbons (Fsp3) is 0.457. The van der Waals surface area contributed by atoms with Crippen molar-refractivity contribution in [3.05, 3.63) is 82.4 Å². The lowest BCUT2D eigenvalue weighted by Crippen LogP contribution is -2.31. The number of ether oxygens (including phenoxy) is 1. The highest BCUT2D eigenvalue weighted by Gasteiger charge is 2.32. The summed E-state index contributed by atoms with van der Waals surface area (Å²) in [6.07, 6.45) is 0.968. The van der Waals surface area contributed by atoms with Crippen molar-refractivity contribution in [2.75, 3.05) is 51.3 Å². The number of fused-ring (bicyclic) bond motifs is 2. The Kier molecular flexibility index (Phi) is 10.7. The normalized spacial score (nSPS) is 16.3. The Morgan fingerprint density at radius 2 is 1.80 bits per heavy atom. The highest BCUT2D eigenvalue weighted by atomic mass is 32.3. The van der Waals surface area contributed by atoms with Gasteiger partial charge in [0.1, 0.15) is 5.52 Å². The number of hydrogen-bond acceptors (Lipinski definition) is 9. The third-order valence-corrected chi connectivity index (χ3v) is 11.3. The number of aromatic nitrogens is 3. The first kappa shape index (κ1) is 33.9. The number of carbonyl (C=O) groups excluding carboxylic acids is 1. The number of carbonyl (C=O) groups is 1. The fourth-order valence-corrected chi connectivity index (χ4v) is 8.06. The molecule has 248 valence electrons. The lowest BCUT2D eigenvalue weighted by Gasteiger charge is -2.42. The molecule has 1 aliphatic heterocycles. The SMILES string of the molecule is CCN(CC)CCCOC(=O)CC(c1ccc(C)c(CN2CCN(C)c3ccccc3S2(O)O)c1)c1ccc2c(nnn2C)c1C. The van der Waals surface area contributed by atoms with E-state index in [1.165, 1.54) is 0 Å². The molecule has 0 spiro atoms. The summed E-state index contributed by atoms with van der Waals surface area (Å²) in [4.78, 5) is 18.3. The van der Waals surface area contributed by atoms with Gasteiger partial charge in [-0.1, -0.05) is 55.5 Å². The minimum Gasteiger partial charge on any atom is -0.466 e. The molecule has 46 heavy (non-hydrogen) atoms. The number of nitrogens with zero attached hydrogens (tertiary/aromatic N) is 6. The molecule has 2 N–H and O–H groups in total. The topological polar surface area (TPSA) is 107 Å². The number of hydrogen-bond donors (Lipinski definition) is 2. The van der Waals surface area contributed by atoms with Crippen LogP contribution in [-0.2, 0) is 23.1 Å². The van der Waals surface area contributed by atoms with Crippen molar-refractivity contribution in [3.63, 3.8) is 0 Å². The van der Waals surface area contributed by atoms with Crippen molar-refractivity contribution in [1.29, 1.82) is 0 Å². The maximum Gasteiger partial charge on any atom is 0.306 e. The van der Waals surface area contributed by atoms with Crippen LogP contribution in [0.15, 0.2) is 59.5 Å². The van der Waals surface area contributed by atoms with E-state index >= 15 is 0 Å². The smallest absolute Gasteiger partial charge is 0.306 e. The molecule has 0 saturated carbocycles. The van der Waals surface area contributed by atoms with Gasteiger partial charge in [0.15, 0.2) is 0 Å². The minimum atomic E-state index is -3.23. The summed E-state index contributed by atoms with van der Waals surface area (Å²) in [5, 5.41) is 8.63. The average Bonchev–Trinajstić information content (AvgIpc) is 3.40. The second-order valence-corrected chi connectivity index (χ2v) is 14.2. The van der Waals surface area contributed by atoms with E-state index in [0.29, 0.717) is 31.1 Å². The zero-order valence-electron chi connectivity index (χ0n) is 27.9. The van der Waals surface area contributed by atoms with Gasteiger partial charge in [-0.2, -0.15) is 4.31 Å². The van der Waals surface area contributed by atoms with Gasteiger partial charge in [-0.3, -0.25) is 13.9 Å². The Labute approximate surface area is 274 Å². The maximum atomic E-state index is 13.4. The van der Waals surface area contributed by atoms with Crippen molar-refractivity contribution >= 4 is 33.5 Å². The number of aryl methyl sites for hydroxylation is 3. The van der Waals surface area contributed by atoms with Crippen LogP contribution in [0.3, 0.4) is 0 Å². The monoisotopic (exact) mass is 648 g/mol. The van der Waals surface area contributed by atoms with Crippen LogP contribution >= 0.6 is 10.8 Å². The Hall–Kier alpha value is -3.48. The lowest BCUT2D eigenvalue weighted by atomic mass is 9.84. The number of esters is 1. The standard InChI is InChI=1S/C35H48N6O4S/c1-7-40(8-2)18-11-21-45-34(42)23-30(29-16-17-32-35(26(29)4)36-37-39(32)6)27-15-14-25(3)28(22-27)24-41-20-19-38(5)31-12-9-10-13-33(31)46(41,43)44/h9-10,12-17,22,30,43-44H,7-8,11,18-21,23-24H2,1-6H3. The zero-order chi connectivity index (χ0) is 33.0. The van der Waals surface area contributed by atoms with Crippen LogP contribution in [-0.4, -0.2) is 85.7 Å². The van der Waals surface area contributed by atoms with E-state index in [4.69, 9.17) is 4.74 Å². The van der Waals surface area contributed by atoms with Crippen LogP contribution in [0.4, 0.5) is 5.69 Å². The summed E-state index contributed by atoms with van der Waals surface area (Å²) in [7, 11) is 0.625. The predicted octanol–water partition coefficient (Wildman–Crippen LogP) is 6.36. The molecule has 3 aromatic carbocycles. The molecule has 11 heteroatoms. The van der Waals surface area contributed by atoms with Crippen LogP contribution in [0.1, 0.15) is 60.4 Å². The third kappa shape index (κ3) is 7.08. The van der Waals surface area contributed by atoms with Gasteiger partial charge < -0.3 is 14.5 Å². The number of rotatable bonds is 12. The van der Waals surface area contributed by atoms with E-state index in [9.17, 15) is 13.9 Å². The molecule has 1 unspecified atom stereocenters. The Bertz CT molecular complexity index is 1670. The molecular weight excluding hydrogens is 600 g/mol. The van der Waals surface area contributed by atoms with E-state index in [-0.39, 0.29) is 18.3 Å². The number of benzene rings is 3. The second-order valence-electron chi connectivity index (χ2n) is 12.2.